The summed E-state index contributed by atoms with van der Waals surface area (Å²) in [6, 6.07) is 7.11. The third-order valence-corrected chi connectivity index (χ3v) is 5.91. The van der Waals surface area contributed by atoms with Gasteiger partial charge in [-0.05, 0) is 40.4 Å². The molecule has 2 heterocycles. The molecule has 6 nitrogen and oxygen atoms in total. The van der Waals surface area contributed by atoms with Crippen molar-refractivity contribution in [3.8, 4) is 0 Å². The van der Waals surface area contributed by atoms with Gasteiger partial charge in [0.2, 0.25) is 5.78 Å². The molecule has 0 radical (unpaired) electrons. The van der Waals surface area contributed by atoms with E-state index in [2.05, 4.69) is 4.98 Å². The van der Waals surface area contributed by atoms with Crippen molar-refractivity contribution < 1.29 is 14.7 Å². The molecule has 0 bridgehead atoms. The van der Waals surface area contributed by atoms with Gasteiger partial charge in [-0.15, -0.1) is 11.3 Å². The van der Waals surface area contributed by atoms with E-state index < -0.39 is 17.7 Å². The Morgan fingerprint density at radius 1 is 1.21 bits per heavy atom. The number of rotatable bonds is 6. The molecule has 3 rings (SSSR count). The Hall–Kier alpha value is -2.51. The van der Waals surface area contributed by atoms with Crippen LogP contribution in [0.4, 0.5) is 0 Å². The summed E-state index contributed by atoms with van der Waals surface area (Å²) in [5, 5.41) is 11.4. The van der Waals surface area contributed by atoms with E-state index in [0.29, 0.717) is 23.7 Å². The maximum Gasteiger partial charge on any atom is 0.290 e. The Kier molecular flexibility index (Phi) is 5.67. The van der Waals surface area contributed by atoms with E-state index in [-0.39, 0.29) is 11.4 Å². The fraction of sp³-hybridized carbons (Fsp3) is 0.381. The average Bonchev–Trinajstić information content (AvgIpc) is 3.10. The lowest BCUT2D eigenvalue weighted by Gasteiger charge is -2.28. The van der Waals surface area contributed by atoms with Crippen molar-refractivity contribution >= 4 is 23.0 Å². The van der Waals surface area contributed by atoms with E-state index >= 15 is 0 Å². The molecule has 1 amide bonds. The zero-order chi connectivity index (χ0) is 20.6. The minimum absolute atomic E-state index is 0.138. The molecule has 1 aromatic heterocycles. The lowest BCUT2D eigenvalue weighted by atomic mass is 9.94. The van der Waals surface area contributed by atoms with Crippen molar-refractivity contribution in [2.45, 2.75) is 26.8 Å². The summed E-state index contributed by atoms with van der Waals surface area (Å²) in [7, 11) is 3.84. The zero-order valence-electron chi connectivity index (χ0n) is 16.8. The topological polar surface area (TPSA) is 73.7 Å². The lowest BCUT2D eigenvalue weighted by Crippen LogP contribution is -2.36. The average molecular weight is 400 g/mol. The molecule has 2 aromatic rings. The number of carbonyl (C=O) groups excluding carboxylic acids is 2. The minimum Gasteiger partial charge on any atom is -0.503 e. The van der Waals surface area contributed by atoms with Crippen LogP contribution in [0.2, 0.25) is 0 Å². The molecule has 0 fully saturated rings. The first-order valence-corrected chi connectivity index (χ1v) is 9.96. The van der Waals surface area contributed by atoms with Gasteiger partial charge in [0.05, 0.1) is 27.2 Å². The number of nitrogens with zero attached hydrogens (tertiary/aromatic N) is 3. The van der Waals surface area contributed by atoms with Crippen LogP contribution >= 0.6 is 11.3 Å². The first-order valence-electron chi connectivity index (χ1n) is 9.14. The molecule has 28 heavy (non-hydrogen) atoms. The first-order chi connectivity index (χ1) is 13.2. The first kappa shape index (κ1) is 20.2. The molecular weight excluding hydrogens is 374 g/mol. The van der Waals surface area contributed by atoms with E-state index in [1.807, 2.05) is 57.1 Å². The molecule has 0 unspecified atom stereocenters. The molecule has 1 N–H and O–H groups in total. The number of aliphatic hydroxyl groups is 1. The van der Waals surface area contributed by atoms with Crippen LogP contribution in [0.3, 0.4) is 0 Å². The number of aliphatic hydroxyl groups excluding tert-OH is 1. The molecule has 7 heteroatoms. The maximum atomic E-state index is 13.3. The highest BCUT2D eigenvalue weighted by Gasteiger charge is 2.44. The largest absolute Gasteiger partial charge is 0.503 e. The van der Waals surface area contributed by atoms with Gasteiger partial charge in [0.25, 0.3) is 5.91 Å². The number of amides is 1. The Labute approximate surface area is 169 Å². The van der Waals surface area contributed by atoms with Crippen LogP contribution < -0.4 is 0 Å². The SMILES string of the molecule is Cc1ccc([C@@H]2C(C(=O)c3sc(C)nc3C)=C(O)C(=O)N2CCN(C)C)cc1. The summed E-state index contributed by atoms with van der Waals surface area (Å²) in [5.74, 6) is -1.29. The van der Waals surface area contributed by atoms with Gasteiger partial charge in [0.15, 0.2) is 5.76 Å². The summed E-state index contributed by atoms with van der Waals surface area (Å²) in [6.07, 6.45) is 0. The Bertz CT molecular complexity index is 944. The van der Waals surface area contributed by atoms with Crippen molar-refractivity contribution in [2.75, 3.05) is 27.2 Å². The molecule has 1 aliphatic heterocycles. The van der Waals surface area contributed by atoms with Crippen molar-refractivity contribution in [3.63, 3.8) is 0 Å². The predicted molar refractivity (Wildman–Crippen MR) is 110 cm³/mol. The smallest absolute Gasteiger partial charge is 0.290 e. The number of thiazole rings is 1. The third kappa shape index (κ3) is 3.72. The quantitative estimate of drug-likeness (QED) is 0.755. The van der Waals surface area contributed by atoms with Gasteiger partial charge in [0.1, 0.15) is 0 Å². The number of carbonyl (C=O) groups is 2. The number of aromatic nitrogens is 1. The van der Waals surface area contributed by atoms with Crippen LogP contribution in [-0.2, 0) is 4.79 Å². The van der Waals surface area contributed by atoms with Crippen LogP contribution in [0.25, 0.3) is 0 Å². The number of benzene rings is 1. The van der Waals surface area contributed by atoms with Crippen LogP contribution in [0, 0.1) is 20.8 Å². The summed E-state index contributed by atoms with van der Waals surface area (Å²) < 4.78 is 0. The minimum atomic E-state index is -0.609. The Morgan fingerprint density at radius 2 is 1.86 bits per heavy atom. The molecule has 0 saturated heterocycles. The number of aryl methyl sites for hydroxylation is 3. The maximum absolute atomic E-state index is 13.3. The highest BCUT2D eigenvalue weighted by molar-refractivity contribution is 7.14. The molecule has 1 aliphatic rings. The number of ketones is 1. The van der Waals surface area contributed by atoms with Gasteiger partial charge in [-0.1, -0.05) is 29.8 Å². The van der Waals surface area contributed by atoms with Gasteiger partial charge < -0.3 is 14.9 Å². The second kappa shape index (κ2) is 7.85. The van der Waals surface area contributed by atoms with E-state index in [1.165, 1.54) is 11.3 Å². The van der Waals surface area contributed by atoms with E-state index in [4.69, 9.17) is 0 Å². The molecular formula is C21H25N3O3S. The fourth-order valence-electron chi connectivity index (χ4n) is 3.38. The highest BCUT2D eigenvalue weighted by Crippen LogP contribution is 2.40. The van der Waals surface area contributed by atoms with Gasteiger partial charge in [-0.25, -0.2) is 4.98 Å². The van der Waals surface area contributed by atoms with Crippen LogP contribution in [0.1, 0.15) is 37.5 Å². The molecule has 1 atom stereocenters. The monoisotopic (exact) mass is 399 g/mol. The van der Waals surface area contributed by atoms with Crippen molar-refractivity contribution in [1.82, 2.24) is 14.8 Å². The normalized spacial score (nSPS) is 17.1. The lowest BCUT2D eigenvalue weighted by molar-refractivity contribution is -0.129. The Morgan fingerprint density at radius 3 is 2.39 bits per heavy atom. The highest BCUT2D eigenvalue weighted by atomic mass is 32.1. The Balaban J connectivity index is 2.08. The zero-order valence-corrected chi connectivity index (χ0v) is 17.6. The number of hydrogen-bond acceptors (Lipinski definition) is 6. The van der Waals surface area contributed by atoms with Crippen LogP contribution in [0.15, 0.2) is 35.6 Å². The number of Topliss-reactive ketones (excluding diaryl/α,β-unsaturated/α-hetero) is 1. The third-order valence-electron chi connectivity index (χ3n) is 4.84. The van der Waals surface area contributed by atoms with Crippen molar-refractivity contribution in [2.24, 2.45) is 0 Å². The predicted octanol–water partition coefficient (Wildman–Crippen LogP) is 3.21. The van der Waals surface area contributed by atoms with Crippen molar-refractivity contribution in [3.05, 3.63) is 62.3 Å². The number of hydrogen-bond donors (Lipinski definition) is 1. The van der Waals surface area contributed by atoms with E-state index in [9.17, 15) is 14.7 Å². The molecule has 0 saturated carbocycles. The van der Waals surface area contributed by atoms with Gasteiger partial charge in [0, 0.05) is 13.1 Å². The van der Waals surface area contributed by atoms with Gasteiger partial charge in [-0.2, -0.15) is 0 Å². The molecule has 1 aromatic carbocycles. The van der Waals surface area contributed by atoms with Crippen molar-refractivity contribution in [1.29, 1.82) is 0 Å². The van der Waals surface area contributed by atoms with E-state index in [0.717, 1.165) is 16.1 Å². The second-order valence-electron chi connectivity index (χ2n) is 7.35. The summed E-state index contributed by atoms with van der Waals surface area (Å²) in [4.78, 5) is 34.5. The molecule has 148 valence electrons. The molecule has 0 spiro atoms. The van der Waals surface area contributed by atoms with Gasteiger partial charge >= 0.3 is 0 Å². The van der Waals surface area contributed by atoms with E-state index in [1.54, 1.807) is 11.8 Å². The number of likely N-dealkylation sites (N-methyl/N-ethyl adjacent to an activating group) is 1. The van der Waals surface area contributed by atoms with Gasteiger partial charge in [-0.3, -0.25) is 9.59 Å². The summed E-state index contributed by atoms with van der Waals surface area (Å²) in [5.41, 5.74) is 2.65. The van der Waals surface area contributed by atoms with Crippen LogP contribution in [0.5, 0.6) is 0 Å². The molecule has 0 aliphatic carbocycles. The second-order valence-corrected chi connectivity index (χ2v) is 8.56. The van der Waals surface area contributed by atoms with Crippen LogP contribution in [-0.4, -0.2) is 58.8 Å². The summed E-state index contributed by atoms with van der Waals surface area (Å²) >= 11 is 1.29. The standard InChI is InChI=1S/C21H25N3O3S/c1-12-6-8-15(9-7-12)17-16(18(25)20-13(2)22-14(3)28-20)19(26)21(27)24(17)11-10-23(4)5/h6-9,17,26H,10-11H2,1-5H3/t17-/m1/s1. The fourth-order valence-corrected chi connectivity index (χ4v) is 4.26. The summed E-state index contributed by atoms with van der Waals surface area (Å²) in [6.45, 7) is 6.63.